The van der Waals surface area contributed by atoms with Gasteiger partial charge in [-0.1, -0.05) is 42.5 Å². The molecule has 0 aliphatic rings. The largest absolute Gasteiger partial charge is 0.329 e. The van der Waals surface area contributed by atoms with Gasteiger partial charge in [0.25, 0.3) is 0 Å². The third-order valence-corrected chi connectivity index (χ3v) is 5.74. The van der Waals surface area contributed by atoms with Crippen LogP contribution in [0.15, 0.2) is 71.9 Å². The summed E-state index contributed by atoms with van der Waals surface area (Å²) in [6.45, 7) is 0.818. The summed E-state index contributed by atoms with van der Waals surface area (Å²) in [6, 6.07) is 16.5. The lowest BCUT2D eigenvalue weighted by Gasteiger charge is -2.22. The van der Waals surface area contributed by atoms with Gasteiger partial charge in [-0.05, 0) is 17.7 Å². The molecule has 5 nitrogen and oxygen atoms in total. The molecule has 6 heteroatoms. The Morgan fingerprint density at radius 2 is 1.79 bits per heavy atom. The molecule has 24 heavy (non-hydrogen) atoms. The molecule has 124 valence electrons. The van der Waals surface area contributed by atoms with Crippen LogP contribution in [0.4, 0.5) is 0 Å². The average molecular weight is 341 g/mol. The van der Waals surface area contributed by atoms with Gasteiger partial charge in [-0.25, -0.2) is 8.42 Å². The minimum atomic E-state index is -3.66. The lowest BCUT2D eigenvalue weighted by atomic mass is 10.2. The first-order chi connectivity index (χ1) is 11.6. The SMILES string of the molecule is NCCN(Cc1ccccc1)S(=O)(=O)c1cccc2cnccc12. The van der Waals surface area contributed by atoms with Crippen LogP contribution < -0.4 is 5.73 Å². The Labute approximate surface area is 141 Å². The first-order valence-corrected chi connectivity index (χ1v) is 9.14. The van der Waals surface area contributed by atoms with Gasteiger partial charge in [-0.15, -0.1) is 0 Å². The summed E-state index contributed by atoms with van der Waals surface area (Å²) in [5.74, 6) is 0. The number of benzene rings is 2. The van der Waals surface area contributed by atoms with E-state index in [2.05, 4.69) is 4.98 Å². The molecule has 0 aliphatic carbocycles. The minimum absolute atomic E-state index is 0.262. The highest BCUT2D eigenvalue weighted by molar-refractivity contribution is 7.89. The maximum absolute atomic E-state index is 13.2. The second kappa shape index (κ2) is 7.09. The molecule has 0 amide bonds. The predicted octanol–water partition coefficient (Wildman–Crippen LogP) is 2.38. The van der Waals surface area contributed by atoms with Crippen molar-refractivity contribution in [1.29, 1.82) is 0 Å². The Morgan fingerprint density at radius 1 is 1.00 bits per heavy atom. The van der Waals surface area contributed by atoms with E-state index in [1.165, 1.54) is 4.31 Å². The van der Waals surface area contributed by atoms with Crippen molar-refractivity contribution in [1.82, 2.24) is 9.29 Å². The quantitative estimate of drug-likeness (QED) is 0.747. The van der Waals surface area contributed by atoms with Crippen LogP contribution in [0.1, 0.15) is 5.56 Å². The number of fused-ring (bicyclic) bond motifs is 1. The Bertz CT molecular complexity index is 922. The van der Waals surface area contributed by atoms with Crippen LogP contribution in [0.5, 0.6) is 0 Å². The van der Waals surface area contributed by atoms with Gasteiger partial charge >= 0.3 is 0 Å². The summed E-state index contributed by atoms with van der Waals surface area (Å²) in [5.41, 5.74) is 6.58. The van der Waals surface area contributed by atoms with Crippen LogP contribution in [0.2, 0.25) is 0 Å². The van der Waals surface area contributed by atoms with E-state index in [1.54, 1.807) is 30.6 Å². The van der Waals surface area contributed by atoms with Crippen LogP contribution in [-0.4, -0.2) is 30.8 Å². The number of hydrogen-bond acceptors (Lipinski definition) is 4. The predicted molar refractivity (Wildman–Crippen MR) is 94.8 cm³/mol. The van der Waals surface area contributed by atoms with Crippen molar-refractivity contribution in [3.05, 3.63) is 72.6 Å². The van der Waals surface area contributed by atoms with Crippen LogP contribution in [-0.2, 0) is 16.6 Å². The summed E-state index contributed by atoms with van der Waals surface area (Å²) in [7, 11) is -3.66. The van der Waals surface area contributed by atoms with Crippen molar-refractivity contribution >= 4 is 20.8 Å². The van der Waals surface area contributed by atoms with E-state index >= 15 is 0 Å². The summed E-state index contributed by atoms with van der Waals surface area (Å²) < 4.78 is 27.8. The Hall–Kier alpha value is -2.28. The van der Waals surface area contributed by atoms with E-state index in [9.17, 15) is 8.42 Å². The molecule has 0 saturated carbocycles. The van der Waals surface area contributed by atoms with Gasteiger partial charge < -0.3 is 5.73 Å². The smallest absolute Gasteiger partial charge is 0.244 e. The van der Waals surface area contributed by atoms with E-state index in [0.29, 0.717) is 11.9 Å². The number of nitrogens with zero attached hydrogens (tertiary/aromatic N) is 2. The Morgan fingerprint density at radius 3 is 2.54 bits per heavy atom. The lowest BCUT2D eigenvalue weighted by Crippen LogP contribution is -2.35. The molecule has 2 N–H and O–H groups in total. The number of sulfonamides is 1. The third-order valence-electron chi connectivity index (χ3n) is 3.84. The van der Waals surface area contributed by atoms with Crippen LogP contribution >= 0.6 is 0 Å². The molecule has 3 rings (SSSR count). The van der Waals surface area contributed by atoms with Crippen LogP contribution in [0, 0.1) is 0 Å². The van der Waals surface area contributed by atoms with E-state index < -0.39 is 10.0 Å². The monoisotopic (exact) mass is 341 g/mol. The van der Waals surface area contributed by atoms with Gasteiger partial charge in [0, 0.05) is 42.8 Å². The van der Waals surface area contributed by atoms with E-state index in [1.807, 2.05) is 36.4 Å². The molecule has 0 saturated heterocycles. The third kappa shape index (κ3) is 3.31. The average Bonchev–Trinajstić information content (AvgIpc) is 2.61. The standard InChI is InChI=1S/C18H19N3O2S/c19-10-12-21(14-15-5-2-1-3-6-15)24(22,23)18-8-4-7-16-13-20-11-9-17(16)18/h1-9,11,13H,10,12,14,19H2. The molecular formula is C18H19N3O2S. The van der Waals surface area contributed by atoms with Gasteiger partial charge in [0.1, 0.15) is 0 Å². The molecule has 1 aromatic heterocycles. The van der Waals surface area contributed by atoms with Gasteiger partial charge in [0.15, 0.2) is 0 Å². The zero-order valence-electron chi connectivity index (χ0n) is 13.2. The zero-order valence-corrected chi connectivity index (χ0v) is 14.0. The van der Waals surface area contributed by atoms with E-state index in [0.717, 1.165) is 10.9 Å². The summed E-state index contributed by atoms with van der Waals surface area (Å²) in [5, 5.41) is 1.47. The van der Waals surface area contributed by atoms with Crippen molar-refractivity contribution in [3.63, 3.8) is 0 Å². The molecule has 0 radical (unpaired) electrons. The number of aromatic nitrogens is 1. The van der Waals surface area contributed by atoms with Crippen molar-refractivity contribution in [3.8, 4) is 0 Å². The van der Waals surface area contributed by atoms with E-state index in [4.69, 9.17) is 5.73 Å². The number of rotatable bonds is 6. The fourth-order valence-corrected chi connectivity index (χ4v) is 4.33. The highest BCUT2D eigenvalue weighted by Gasteiger charge is 2.25. The molecule has 1 heterocycles. The molecule has 0 bridgehead atoms. The van der Waals surface area contributed by atoms with Crippen molar-refractivity contribution in [2.45, 2.75) is 11.4 Å². The lowest BCUT2D eigenvalue weighted by molar-refractivity contribution is 0.414. The number of hydrogen-bond donors (Lipinski definition) is 1. The molecular weight excluding hydrogens is 322 g/mol. The second-order valence-electron chi connectivity index (χ2n) is 5.47. The maximum Gasteiger partial charge on any atom is 0.244 e. The molecule has 0 atom stereocenters. The van der Waals surface area contributed by atoms with Gasteiger partial charge in [-0.2, -0.15) is 4.31 Å². The minimum Gasteiger partial charge on any atom is -0.329 e. The number of pyridine rings is 1. The molecule has 0 unspecified atom stereocenters. The first-order valence-electron chi connectivity index (χ1n) is 7.70. The summed E-state index contributed by atoms with van der Waals surface area (Å²) in [6.07, 6.45) is 3.27. The Balaban J connectivity index is 2.05. The molecule has 3 aromatic rings. The molecule has 0 spiro atoms. The highest BCUT2D eigenvalue weighted by Crippen LogP contribution is 2.26. The topological polar surface area (TPSA) is 76.3 Å². The normalized spacial score (nSPS) is 11.9. The highest BCUT2D eigenvalue weighted by atomic mass is 32.2. The van der Waals surface area contributed by atoms with Gasteiger partial charge in [0.05, 0.1) is 4.90 Å². The van der Waals surface area contributed by atoms with E-state index in [-0.39, 0.29) is 18.0 Å². The van der Waals surface area contributed by atoms with Crippen molar-refractivity contribution in [2.75, 3.05) is 13.1 Å². The molecule has 0 fully saturated rings. The molecule has 2 aromatic carbocycles. The molecule has 0 aliphatic heterocycles. The van der Waals surface area contributed by atoms with Crippen molar-refractivity contribution in [2.24, 2.45) is 5.73 Å². The summed E-state index contributed by atoms with van der Waals surface area (Å²) >= 11 is 0. The first kappa shape index (κ1) is 16.6. The number of nitrogens with two attached hydrogens (primary N) is 1. The maximum atomic E-state index is 13.2. The van der Waals surface area contributed by atoms with Crippen molar-refractivity contribution < 1.29 is 8.42 Å². The van der Waals surface area contributed by atoms with Gasteiger partial charge in [0.2, 0.25) is 10.0 Å². The summed E-state index contributed by atoms with van der Waals surface area (Å²) in [4.78, 5) is 4.34. The van der Waals surface area contributed by atoms with Crippen LogP contribution in [0.25, 0.3) is 10.8 Å². The van der Waals surface area contributed by atoms with Gasteiger partial charge in [-0.3, -0.25) is 4.98 Å². The van der Waals surface area contributed by atoms with Crippen LogP contribution in [0.3, 0.4) is 0 Å². The zero-order chi connectivity index (χ0) is 17.0. The fourth-order valence-electron chi connectivity index (χ4n) is 2.67. The Kier molecular flexibility index (Phi) is 4.89. The fraction of sp³-hybridized carbons (Fsp3) is 0.167. The second-order valence-corrected chi connectivity index (χ2v) is 7.37.